The first-order valence-electron chi connectivity index (χ1n) is 7.51. The van der Waals surface area contributed by atoms with E-state index in [0.717, 1.165) is 0 Å². The molecule has 0 aromatic heterocycles. The molecule has 25 heavy (non-hydrogen) atoms. The van der Waals surface area contributed by atoms with E-state index in [2.05, 4.69) is 15.8 Å². The van der Waals surface area contributed by atoms with Crippen LogP contribution in [-0.2, 0) is 4.79 Å². The minimum Gasteiger partial charge on any atom is -0.496 e. The van der Waals surface area contributed by atoms with Crippen molar-refractivity contribution >= 4 is 34.8 Å². The van der Waals surface area contributed by atoms with E-state index in [1.807, 2.05) is 0 Å². The van der Waals surface area contributed by atoms with Gasteiger partial charge in [-0.15, -0.1) is 0 Å². The number of rotatable bonds is 6. The predicted molar refractivity (Wildman–Crippen MR) is 98.3 cm³/mol. The molecule has 0 aliphatic rings. The zero-order chi connectivity index (χ0) is 18.2. The summed E-state index contributed by atoms with van der Waals surface area (Å²) in [7, 11) is 1.49. The Morgan fingerprint density at radius 1 is 1.16 bits per heavy atom. The fraction of sp³-hybridized carbons (Fsp3) is 0.167. The normalized spacial score (nSPS) is 10.9. The van der Waals surface area contributed by atoms with Gasteiger partial charge in [-0.1, -0.05) is 29.8 Å². The third-order valence-electron chi connectivity index (χ3n) is 3.22. The van der Waals surface area contributed by atoms with E-state index in [-0.39, 0.29) is 12.3 Å². The molecule has 0 aliphatic heterocycles. The van der Waals surface area contributed by atoms with Gasteiger partial charge in [0.1, 0.15) is 5.75 Å². The third-order valence-corrected chi connectivity index (χ3v) is 3.46. The van der Waals surface area contributed by atoms with E-state index in [1.54, 1.807) is 55.5 Å². The highest BCUT2D eigenvalue weighted by molar-refractivity contribution is 6.30. The van der Waals surface area contributed by atoms with Crippen LogP contribution in [0.1, 0.15) is 23.7 Å². The number of carbonyl (C=O) groups is 2. The topological polar surface area (TPSA) is 79.8 Å². The maximum atomic E-state index is 12.1. The summed E-state index contributed by atoms with van der Waals surface area (Å²) in [4.78, 5) is 24.1. The molecular weight excluding hydrogens is 342 g/mol. The Balaban J connectivity index is 1.92. The fourth-order valence-electron chi connectivity index (χ4n) is 2.08. The van der Waals surface area contributed by atoms with Gasteiger partial charge >= 0.3 is 0 Å². The molecule has 0 radical (unpaired) electrons. The van der Waals surface area contributed by atoms with Crippen molar-refractivity contribution in [3.63, 3.8) is 0 Å². The molecular formula is C18H18ClN3O3. The van der Waals surface area contributed by atoms with Gasteiger partial charge in [-0.05, 0) is 37.3 Å². The van der Waals surface area contributed by atoms with Gasteiger partial charge in [0.15, 0.2) is 0 Å². The average Bonchev–Trinajstić information content (AvgIpc) is 2.59. The van der Waals surface area contributed by atoms with Gasteiger partial charge in [-0.3, -0.25) is 9.59 Å². The van der Waals surface area contributed by atoms with Crippen LogP contribution < -0.4 is 15.5 Å². The van der Waals surface area contributed by atoms with Gasteiger partial charge in [-0.2, -0.15) is 5.10 Å². The Hall–Kier alpha value is -2.86. The monoisotopic (exact) mass is 359 g/mol. The van der Waals surface area contributed by atoms with Crippen molar-refractivity contribution in [1.29, 1.82) is 0 Å². The van der Waals surface area contributed by atoms with E-state index < -0.39 is 5.91 Å². The van der Waals surface area contributed by atoms with Gasteiger partial charge < -0.3 is 10.1 Å². The molecule has 2 aromatic rings. The first kappa shape index (κ1) is 18.5. The lowest BCUT2D eigenvalue weighted by molar-refractivity contribution is -0.115. The van der Waals surface area contributed by atoms with Crippen molar-refractivity contribution in [1.82, 2.24) is 5.43 Å². The Bertz CT molecular complexity index is 806. The minimum absolute atomic E-state index is 0.0404. The number of hydrazone groups is 1. The highest BCUT2D eigenvalue weighted by Crippen LogP contribution is 2.17. The molecule has 0 fully saturated rings. The quantitative estimate of drug-likeness (QED) is 0.612. The van der Waals surface area contributed by atoms with Crippen molar-refractivity contribution in [2.45, 2.75) is 13.3 Å². The molecule has 0 saturated carbocycles. The Morgan fingerprint density at radius 3 is 2.64 bits per heavy atom. The number of amides is 2. The molecule has 2 amide bonds. The van der Waals surface area contributed by atoms with Gasteiger partial charge in [0.2, 0.25) is 5.91 Å². The Kier molecular flexibility index (Phi) is 6.54. The summed E-state index contributed by atoms with van der Waals surface area (Å²) in [6, 6.07) is 13.7. The van der Waals surface area contributed by atoms with Crippen molar-refractivity contribution in [2.24, 2.45) is 5.10 Å². The lowest BCUT2D eigenvalue weighted by Gasteiger charge is -2.07. The zero-order valence-electron chi connectivity index (χ0n) is 13.9. The highest BCUT2D eigenvalue weighted by atomic mass is 35.5. The van der Waals surface area contributed by atoms with Gasteiger partial charge in [0.25, 0.3) is 5.91 Å². The molecule has 0 unspecified atom stereocenters. The van der Waals surface area contributed by atoms with Gasteiger partial charge in [0.05, 0.1) is 19.1 Å². The Morgan fingerprint density at radius 2 is 1.92 bits per heavy atom. The van der Waals surface area contributed by atoms with Crippen molar-refractivity contribution in [2.75, 3.05) is 12.4 Å². The standard InChI is InChI=1S/C18H18ClN3O3/c1-12(10-17(23)20-14-7-5-6-13(19)11-14)21-22-18(24)15-8-3-4-9-16(15)25-2/h3-9,11H,10H2,1-2H3,(H,20,23)(H,22,24)/b21-12+. The van der Waals surface area contributed by atoms with Gasteiger partial charge in [0, 0.05) is 16.4 Å². The molecule has 7 heteroatoms. The number of carbonyl (C=O) groups excluding carboxylic acids is 2. The fourth-order valence-corrected chi connectivity index (χ4v) is 2.27. The maximum absolute atomic E-state index is 12.1. The molecule has 2 rings (SSSR count). The van der Waals surface area contributed by atoms with Crippen LogP contribution in [0.4, 0.5) is 5.69 Å². The first-order chi connectivity index (χ1) is 12.0. The largest absolute Gasteiger partial charge is 0.496 e. The summed E-state index contributed by atoms with van der Waals surface area (Å²) in [5.41, 5.74) is 3.85. The van der Waals surface area contributed by atoms with Crippen molar-refractivity contribution in [3.05, 3.63) is 59.1 Å². The summed E-state index contributed by atoms with van der Waals surface area (Å²) in [6.45, 7) is 1.65. The number of hydrogen-bond acceptors (Lipinski definition) is 4. The molecule has 0 heterocycles. The lowest BCUT2D eigenvalue weighted by Crippen LogP contribution is -2.22. The van der Waals surface area contributed by atoms with Crippen LogP contribution >= 0.6 is 11.6 Å². The van der Waals surface area contributed by atoms with Crippen molar-refractivity contribution < 1.29 is 14.3 Å². The number of benzene rings is 2. The summed E-state index contributed by atoms with van der Waals surface area (Å²) >= 11 is 5.87. The van der Waals surface area contributed by atoms with E-state index in [9.17, 15) is 9.59 Å². The number of nitrogens with zero attached hydrogens (tertiary/aromatic N) is 1. The van der Waals surface area contributed by atoms with Crippen LogP contribution in [0.25, 0.3) is 0 Å². The molecule has 2 N–H and O–H groups in total. The number of nitrogens with one attached hydrogen (secondary N) is 2. The molecule has 0 atom stereocenters. The van der Waals surface area contributed by atoms with Crippen LogP contribution in [0.5, 0.6) is 5.75 Å². The summed E-state index contributed by atoms with van der Waals surface area (Å²) in [5.74, 6) is -0.214. The third kappa shape index (κ3) is 5.61. The summed E-state index contributed by atoms with van der Waals surface area (Å²) in [6.07, 6.45) is 0.0404. The molecule has 6 nitrogen and oxygen atoms in total. The smallest absolute Gasteiger partial charge is 0.275 e. The zero-order valence-corrected chi connectivity index (χ0v) is 14.6. The summed E-state index contributed by atoms with van der Waals surface area (Å²) < 4.78 is 5.13. The average molecular weight is 360 g/mol. The molecule has 0 aliphatic carbocycles. The van der Waals surface area contributed by atoms with E-state index in [1.165, 1.54) is 7.11 Å². The number of anilines is 1. The SMILES string of the molecule is COc1ccccc1C(=O)N/N=C(\C)CC(=O)Nc1cccc(Cl)c1. The predicted octanol–water partition coefficient (Wildman–Crippen LogP) is 3.48. The number of ether oxygens (including phenoxy) is 1. The van der Waals surface area contributed by atoms with E-state index in [4.69, 9.17) is 16.3 Å². The number of methoxy groups -OCH3 is 1. The molecule has 0 spiro atoms. The lowest BCUT2D eigenvalue weighted by atomic mass is 10.2. The molecule has 0 bridgehead atoms. The molecule has 2 aromatic carbocycles. The molecule has 0 saturated heterocycles. The van der Waals surface area contributed by atoms with Crippen LogP contribution in [0, 0.1) is 0 Å². The van der Waals surface area contributed by atoms with Crippen LogP contribution in [0.15, 0.2) is 53.6 Å². The van der Waals surface area contributed by atoms with Crippen molar-refractivity contribution in [3.8, 4) is 5.75 Å². The maximum Gasteiger partial charge on any atom is 0.275 e. The Labute approximate surface area is 150 Å². The van der Waals surface area contributed by atoms with Crippen LogP contribution in [-0.4, -0.2) is 24.6 Å². The molecule has 130 valence electrons. The van der Waals surface area contributed by atoms with E-state index in [0.29, 0.717) is 27.7 Å². The van der Waals surface area contributed by atoms with Crippen LogP contribution in [0.3, 0.4) is 0 Å². The second-order valence-corrected chi connectivity index (χ2v) is 5.66. The van der Waals surface area contributed by atoms with E-state index >= 15 is 0 Å². The summed E-state index contributed by atoms with van der Waals surface area (Å²) in [5, 5.41) is 7.20. The minimum atomic E-state index is -0.410. The second-order valence-electron chi connectivity index (χ2n) is 5.22. The van der Waals surface area contributed by atoms with Gasteiger partial charge in [-0.25, -0.2) is 5.43 Å². The second kappa shape index (κ2) is 8.84. The van der Waals surface area contributed by atoms with Crippen LogP contribution in [0.2, 0.25) is 5.02 Å². The number of hydrogen-bond donors (Lipinski definition) is 2. The highest BCUT2D eigenvalue weighted by Gasteiger charge is 2.11. The number of halogens is 1. The first-order valence-corrected chi connectivity index (χ1v) is 7.89. The number of para-hydroxylation sites is 1.